The number of halogens is 1. The predicted molar refractivity (Wildman–Crippen MR) is 107 cm³/mol. The van der Waals surface area contributed by atoms with E-state index in [9.17, 15) is 10.1 Å². The van der Waals surface area contributed by atoms with Gasteiger partial charge in [0.1, 0.15) is 11.6 Å². The Labute approximate surface area is 163 Å². The minimum absolute atomic E-state index is 0.0368. The number of nitriles is 1. The number of aryl methyl sites for hydroxylation is 1. The van der Waals surface area contributed by atoms with Gasteiger partial charge in [-0.15, -0.1) is 11.3 Å². The molecule has 0 spiro atoms. The van der Waals surface area contributed by atoms with Gasteiger partial charge in [0.05, 0.1) is 0 Å². The van der Waals surface area contributed by atoms with E-state index in [-0.39, 0.29) is 5.57 Å². The fourth-order valence-electron chi connectivity index (χ4n) is 2.70. The number of anilines is 1. The van der Waals surface area contributed by atoms with Crippen LogP contribution in [0.5, 0.6) is 0 Å². The summed E-state index contributed by atoms with van der Waals surface area (Å²) in [6, 6.07) is 11.9. The lowest BCUT2D eigenvalue weighted by atomic mass is 10.1. The largest absolute Gasteiger partial charge is 0.318 e. The van der Waals surface area contributed by atoms with E-state index >= 15 is 0 Å². The molecule has 1 amide bonds. The Morgan fingerprint density at radius 2 is 2.19 bits per heavy atom. The smallest absolute Gasteiger partial charge is 0.268 e. The first-order valence-corrected chi connectivity index (χ1v) is 9.44. The van der Waals surface area contributed by atoms with E-state index in [1.807, 2.05) is 50.2 Å². The molecule has 0 aliphatic rings. The van der Waals surface area contributed by atoms with E-state index in [1.165, 1.54) is 11.3 Å². The second-order valence-electron chi connectivity index (χ2n) is 5.60. The number of nitrogens with one attached hydrogen (secondary N) is 1. The third kappa shape index (κ3) is 3.77. The topological polar surface area (TPSA) is 70.7 Å². The molecule has 0 unspecified atom stereocenters. The van der Waals surface area contributed by atoms with Gasteiger partial charge in [0.25, 0.3) is 5.91 Å². The van der Waals surface area contributed by atoms with Crippen molar-refractivity contribution < 1.29 is 4.79 Å². The molecule has 3 rings (SSSR count). The van der Waals surface area contributed by atoms with Crippen molar-refractivity contribution in [2.45, 2.75) is 13.8 Å². The van der Waals surface area contributed by atoms with Crippen LogP contribution in [0.1, 0.15) is 17.0 Å². The van der Waals surface area contributed by atoms with Crippen molar-refractivity contribution in [1.29, 1.82) is 5.26 Å². The quantitative estimate of drug-likeness (QED) is 0.478. The number of hydrogen-bond acceptors (Lipinski definition) is 4. The Balaban J connectivity index is 1.96. The number of aromatic nitrogens is 2. The molecule has 0 aliphatic carbocycles. The van der Waals surface area contributed by atoms with Gasteiger partial charge < -0.3 is 4.57 Å². The van der Waals surface area contributed by atoms with Gasteiger partial charge in [-0.1, -0.05) is 22.0 Å². The highest BCUT2D eigenvalue weighted by Crippen LogP contribution is 2.25. The van der Waals surface area contributed by atoms with E-state index in [4.69, 9.17) is 0 Å². The first-order valence-electron chi connectivity index (χ1n) is 7.77. The van der Waals surface area contributed by atoms with Crippen LogP contribution in [0.4, 0.5) is 5.13 Å². The van der Waals surface area contributed by atoms with Crippen LogP contribution in [0.15, 0.2) is 52.0 Å². The normalized spacial score (nSPS) is 11.2. The maximum atomic E-state index is 12.3. The Morgan fingerprint density at radius 3 is 2.85 bits per heavy atom. The van der Waals surface area contributed by atoms with Crippen molar-refractivity contribution >= 4 is 44.4 Å². The molecule has 5 nitrogen and oxygen atoms in total. The second kappa shape index (κ2) is 7.68. The van der Waals surface area contributed by atoms with Crippen molar-refractivity contribution in [3.05, 3.63) is 68.9 Å². The SMILES string of the molecule is Cc1cc(C=C(C#N)C(=O)Nc2nccs2)c(C)n1-c1cccc(Br)c1. The molecule has 0 aliphatic heterocycles. The van der Waals surface area contributed by atoms with Gasteiger partial charge in [-0.2, -0.15) is 5.26 Å². The molecule has 2 aromatic heterocycles. The van der Waals surface area contributed by atoms with Crippen molar-refractivity contribution in [3.8, 4) is 11.8 Å². The maximum absolute atomic E-state index is 12.3. The molecular formula is C19H15BrN4OS. The van der Waals surface area contributed by atoms with Gasteiger partial charge >= 0.3 is 0 Å². The summed E-state index contributed by atoms with van der Waals surface area (Å²) in [4.78, 5) is 16.3. The third-order valence-corrected chi connectivity index (χ3v) is 5.04. The molecule has 1 N–H and O–H groups in total. The van der Waals surface area contributed by atoms with E-state index < -0.39 is 5.91 Å². The third-order valence-electron chi connectivity index (χ3n) is 3.85. The molecule has 0 fully saturated rings. The number of rotatable bonds is 4. The van der Waals surface area contributed by atoms with Crippen LogP contribution in [0.25, 0.3) is 11.8 Å². The zero-order chi connectivity index (χ0) is 18.7. The second-order valence-corrected chi connectivity index (χ2v) is 7.41. The Kier molecular flexibility index (Phi) is 5.35. The first-order chi connectivity index (χ1) is 12.5. The van der Waals surface area contributed by atoms with Gasteiger partial charge in [0.15, 0.2) is 5.13 Å². The number of nitrogens with zero attached hydrogens (tertiary/aromatic N) is 3. The highest BCUT2D eigenvalue weighted by atomic mass is 79.9. The van der Waals surface area contributed by atoms with Crippen molar-refractivity contribution in [2.24, 2.45) is 0 Å². The summed E-state index contributed by atoms with van der Waals surface area (Å²) < 4.78 is 3.07. The summed E-state index contributed by atoms with van der Waals surface area (Å²) in [7, 11) is 0. The molecule has 0 atom stereocenters. The minimum Gasteiger partial charge on any atom is -0.318 e. The number of benzene rings is 1. The maximum Gasteiger partial charge on any atom is 0.268 e. The molecular weight excluding hydrogens is 412 g/mol. The van der Waals surface area contributed by atoms with Crippen LogP contribution in [0.2, 0.25) is 0 Å². The monoisotopic (exact) mass is 426 g/mol. The standard InChI is InChI=1S/C19H15BrN4OS/c1-12-8-14(13(2)24(12)17-5-3-4-16(20)10-17)9-15(11-21)18(25)23-19-22-6-7-26-19/h3-10H,1-2H3,(H,22,23,25). The van der Waals surface area contributed by atoms with Crippen LogP contribution >= 0.6 is 27.3 Å². The van der Waals surface area contributed by atoms with Crippen molar-refractivity contribution in [3.63, 3.8) is 0 Å². The molecule has 130 valence electrons. The van der Waals surface area contributed by atoms with Crippen LogP contribution in [0.3, 0.4) is 0 Å². The fourth-order valence-corrected chi connectivity index (χ4v) is 3.61. The summed E-state index contributed by atoms with van der Waals surface area (Å²) in [5.74, 6) is -0.463. The molecule has 0 radical (unpaired) electrons. The average molecular weight is 427 g/mol. The number of carbonyl (C=O) groups is 1. The lowest BCUT2D eigenvalue weighted by Gasteiger charge is -2.10. The zero-order valence-electron chi connectivity index (χ0n) is 14.2. The molecule has 3 aromatic rings. The van der Waals surface area contributed by atoms with Crippen LogP contribution in [-0.4, -0.2) is 15.5 Å². The molecule has 1 aromatic carbocycles. The highest BCUT2D eigenvalue weighted by Gasteiger charge is 2.14. The Morgan fingerprint density at radius 1 is 1.38 bits per heavy atom. The fraction of sp³-hybridized carbons (Fsp3) is 0.105. The highest BCUT2D eigenvalue weighted by molar-refractivity contribution is 9.10. The van der Waals surface area contributed by atoms with Crippen molar-refractivity contribution in [1.82, 2.24) is 9.55 Å². The summed E-state index contributed by atoms with van der Waals surface area (Å²) >= 11 is 4.79. The van der Waals surface area contributed by atoms with Crippen LogP contribution in [0, 0.1) is 25.2 Å². The van der Waals surface area contributed by atoms with Gasteiger partial charge in [0.2, 0.25) is 0 Å². The molecule has 0 bridgehead atoms. The van der Waals surface area contributed by atoms with E-state index in [0.29, 0.717) is 5.13 Å². The Bertz CT molecular complexity index is 1030. The van der Waals surface area contributed by atoms with Gasteiger partial charge in [0, 0.05) is 33.1 Å². The van der Waals surface area contributed by atoms with E-state index in [0.717, 1.165) is 27.1 Å². The van der Waals surface area contributed by atoms with Gasteiger partial charge in [-0.05, 0) is 49.8 Å². The summed E-state index contributed by atoms with van der Waals surface area (Å²) in [5, 5.41) is 14.3. The zero-order valence-corrected chi connectivity index (χ0v) is 16.6. The first kappa shape index (κ1) is 18.1. The molecule has 0 saturated carbocycles. The van der Waals surface area contributed by atoms with Gasteiger partial charge in [-0.25, -0.2) is 4.98 Å². The number of amides is 1. The lowest BCUT2D eigenvalue weighted by Crippen LogP contribution is -2.13. The summed E-state index contributed by atoms with van der Waals surface area (Å²) in [5.41, 5.74) is 3.85. The molecule has 0 saturated heterocycles. The minimum atomic E-state index is -0.463. The van der Waals surface area contributed by atoms with Crippen LogP contribution < -0.4 is 5.32 Å². The number of thiazole rings is 1. The van der Waals surface area contributed by atoms with Gasteiger partial charge in [-0.3, -0.25) is 10.1 Å². The summed E-state index contributed by atoms with van der Waals surface area (Å²) in [6.07, 6.45) is 3.21. The lowest BCUT2D eigenvalue weighted by molar-refractivity contribution is -0.112. The number of hydrogen-bond donors (Lipinski definition) is 1. The Hall–Kier alpha value is -2.69. The summed E-state index contributed by atoms with van der Waals surface area (Å²) in [6.45, 7) is 3.96. The van der Waals surface area contributed by atoms with E-state index in [2.05, 4.69) is 30.8 Å². The molecule has 7 heteroatoms. The molecule has 26 heavy (non-hydrogen) atoms. The number of carbonyl (C=O) groups excluding carboxylic acids is 1. The van der Waals surface area contributed by atoms with E-state index in [1.54, 1.807) is 17.7 Å². The average Bonchev–Trinajstić information content (AvgIpc) is 3.20. The van der Waals surface area contributed by atoms with Crippen molar-refractivity contribution in [2.75, 3.05) is 5.32 Å². The molecule has 2 heterocycles. The van der Waals surface area contributed by atoms with Crippen LogP contribution in [-0.2, 0) is 4.79 Å². The predicted octanol–water partition coefficient (Wildman–Crippen LogP) is 4.86.